The summed E-state index contributed by atoms with van der Waals surface area (Å²) in [5.74, 6) is -0.193. The van der Waals surface area contributed by atoms with Gasteiger partial charge >= 0.3 is 0 Å². The third kappa shape index (κ3) is 2.72. The molecule has 2 aromatic heterocycles. The van der Waals surface area contributed by atoms with Gasteiger partial charge in [-0.1, -0.05) is 41.1 Å². The fraction of sp³-hybridized carbons (Fsp3) is 0.0556. The topological polar surface area (TPSA) is 54.9 Å². The van der Waals surface area contributed by atoms with Gasteiger partial charge in [-0.15, -0.1) is 0 Å². The number of fused-ring (bicyclic) bond motifs is 2. The number of pyridine rings is 1. The Morgan fingerprint density at radius 2 is 1.92 bits per heavy atom. The fourth-order valence-corrected chi connectivity index (χ4v) is 3.75. The summed E-state index contributed by atoms with van der Waals surface area (Å²) in [6.07, 6.45) is 0. The van der Waals surface area contributed by atoms with E-state index in [1.54, 1.807) is 12.1 Å². The van der Waals surface area contributed by atoms with Crippen LogP contribution in [-0.2, 0) is 0 Å². The molecule has 0 saturated carbocycles. The third-order valence-electron chi connectivity index (χ3n) is 3.66. The first-order valence-electron chi connectivity index (χ1n) is 7.34. The van der Waals surface area contributed by atoms with Crippen LogP contribution in [-0.4, -0.2) is 15.9 Å². The number of aromatic nitrogens is 2. The normalized spacial score (nSPS) is 11.1. The number of amides is 1. The van der Waals surface area contributed by atoms with Gasteiger partial charge in [0.05, 0.1) is 21.3 Å². The molecule has 1 N–H and O–H groups in total. The van der Waals surface area contributed by atoms with Crippen molar-refractivity contribution in [2.75, 3.05) is 5.32 Å². The van der Waals surface area contributed by atoms with Gasteiger partial charge in [-0.05, 0) is 37.3 Å². The van der Waals surface area contributed by atoms with Gasteiger partial charge in [-0.3, -0.25) is 15.1 Å². The highest BCUT2D eigenvalue weighted by atomic mass is 35.5. The Balaban J connectivity index is 1.73. The minimum atomic E-state index is -0.193. The first kappa shape index (κ1) is 15.1. The quantitative estimate of drug-likeness (QED) is 0.548. The van der Waals surface area contributed by atoms with Crippen LogP contribution in [0.5, 0.6) is 0 Å². The van der Waals surface area contributed by atoms with Crippen molar-refractivity contribution in [1.29, 1.82) is 0 Å². The lowest BCUT2D eigenvalue weighted by Gasteiger charge is -2.07. The second-order valence-corrected chi connectivity index (χ2v) is 6.88. The van der Waals surface area contributed by atoms with E-state index in [9.17, 15) is 4.79 Å². The van der Waals surface area contributed by atoms with Crippen molar-refractivity contribution >= 4 is 55.1 Å². The van der Waals surface area contributed by atoms with Gasteiger partial charge in [0.15, 0.2) is 5.13 Å². The molecule has 1 amide bonds. The third-order valence-corrected chi connectivity index (χ3v) is 4.83. The highest BCUT2D eigenvalue weighted by Crippen LogP contribution is 2.29. The largest absolute Gasteiger partial charge is 0.298 e. The predicted octanol–water partition coefficient (Wildman–Crippen LogP) is 5.06. The van der Waals surface area contributed by atoms with Crippen molar-refractivity contribution in [2.24, 2.45) is 0 Å². The minimum Gasteiger partial charge on any atom is -0.298 e. The van der Waals surface area contributed by atoms with Crippen LogP contribution in [0.1, 0.15) is 16.1 Å². The maximum atomic E-state index is 12.7. The summed E-state index contributed by atoms with van der Waals surface area (Å²) in [5.41, 5.74) is 3.01. The molecule has 0 saturated heterocycles. The molecular weight excluding hydrogens is 342 g/mol. The van der Waals surface area contributed by atoms with Crippen LogP contribution in [0.25, 0.3) is 21.1 Å². The van der Waals surface area contributed by atoms with E-state index in [-0.39, 0.29) is 5.91 Å². The van der Waals surface area contributed by atoms with E-state index in [1.165, 1.54) is 11.3 Å². The summed E-state index contributed by atoms with van der Waals surface area (Å²) in [4.78, 5) is 21.6. The molecule has 4 nitrogen and oxygen atoms in total. The number of thiazole rings is 1. The van der Waals surface area contributed by atoms with Crippen molar-refractivity contribution in [1.82, 2.24) is 9.97 Å². The molecular formula is C18H12ClN3OS. The predicted molar refractivity (Wildman–Crippen MR) is 99.1 cm³/mol. The van der Waals surface area contributed by atoms with Gasteiger partial charge in [0.2, 0.25) is 0 Å². The van der Waals surface area contributed by atoms with Gasteiger partial charge in [-0.25, -0.2) is 4.98 Å². The lowest BCUT2D eigenvalue weighted by Crippen LogP contribution is -2.13. The number of anilines is 1. The standard InChI is InChI=1S/C18H12ClN3OS/c1-10-8-13(12-4-2-3-5-14(12)20-10)17(23)22-18-21-15-7-6-11(19)9-16(15)24-18/h2-9H,1H3,(H,21,22,23). The molecule has 0 fully saturated rings. The first-order chi connectivity index (χ1) is 11.6. The lowest BCUT2D eigenvalue weighted by atomic mass is 10.1. The zero-order chi connectivity index (χ0) is 16.7. The molecule has 0 aliphatic heterocycles. The molecule has 118 valence electrons. The summed E-state index contributed by atoms with van der Waals surface area (Å²) in [6, 6.07) is 14.9. The average Bonchev–Trinajstić information content (AvgIpc) is 2.95. The molecule has 0 aliphatic rings. The molecule has 0 unspecified atom stereocenters. The van der Waals surface area contributed by atoms with Crippen molar-refractivity contribution in [3.63, 3.8) is 0 Å². The summed E-state index contributed by atoms with van der Waals surface area (Å²) < 4.78 is 0.938. The summed E-state index contributed by atoms with van der Waals surface area (Å²) in [6.45, 7) is 1.88. The summed E-state index contributed by atoms with van der Waals surface area (Å²) >= 11 is 7.40. The zero-order valence-corrected chi connectivity index (χ0v) is 14.3. The molecule has 4 rings (SSSR count). The van der Waals surface area contributed by atoms with Crippen LogP contribution in [0.15, 0.2) is 48.5 Å². The first-order valence-corrected chi connectivity index (χ1v) is 8.53. The van der Waals surface area contributed by atoms with Crippen LogP contribution in [0, 0.1) is 6.92 Å². The zero-order valence-electron chi connectivity index (χ0n) is 12.7. The molecule has 0 radical (unpaired) electrons. The maximum Gasteiger partial charge on any atom is 0.258 e. The number of hydrogen-bond acceptors (Lipinski definition) is 4. The molecule has 2 aromatic carbocycles. The van der Waals surface area contributed by atoms with Gasteiger partial charge < -0.3 is 0 Å². The molecule has 24 heavy (non-hydrogen) atoms. The maximum absolute atomic E-state index is 12.7. The van der Waals surface area contributed by atoms with Crippen molar-refractivity contribution in [3.05, 3.63) is 64.8 Å². The average molecular weight is 354 g/mol. The summed E-state index contributed by atoms with van der Waals surface area (Å²) in [7, 11) is 0. The van der Waals surface area contributed by atoms with Crippen LogP contribution in [0.3, 0.4) is 0 Å². The van der Waals surface area contributed by atoms with E-state index in [2.05, 4.69) is 15.3 Å². The van der Waals surface area contributed by atoms with Gasteiger partial charge in [-0.2, -0.15) is 0 Å². The van der Waals surface area contributed by atoms with Crippen LogP contribution >= 0.6 is 22.9 Å². The second-order valence-electron chi connectivity index (χ2n) is 5.41. The smallest absolute Gasteiger partial charge is 0.258 e. The Morgan fingerprint density at radius 1 is 1.08 bits per heavy atom. The van der Waals surface area contributed by atoms with E-state index in [0.29, 0.717) is 15.7 Å². The molecule has 0 aliphatic carbocycles. The van der Waals surface area contributed by atoms with E-state index in [4.69, 9.17) is 11.6 Å². The Hall–Kier alpha value is -2.50. The minimum absolute atomic E-state index is 0.193. The molecule has 0 bridgehead atoms. The lowest BCUT2D eigenvalue weighted by molar-refractivity contribution is 0.102. The molecule has 4 aromatic rings. The van der Waals surface area contributed by atoms with E-state index in [0.717, 1.165) is 26.8 Å². The van der Waals surface area contributed by atoms with E-state index >= 15 is 0 Å². The number of nitrogens with one attached hydrogen (secondary N) is 1. The Morgan fingerprint density at radius 3 is 2.79 bits per heavy atom. The van der Waals surface area contributed by atoms with Gasteiger partial charge in [0, 0.05) is 16.1 Å². The number of aryl methyl sites for hydroxylation is 1. The number of carbonyl (C=O) groups is 1. The van der Waals surface area contributed by atoms with E-state index in [1.807, 2.05) is 43.3 Å². The molecule has 0 atom stereocenters. The fourth-order valence-electron chi connectivity index (χ4n) is 2.61. The van der Waals surface area contributed by atoms with Crippen LogP contribution in [0.2, 0.25) is 5.02 Å². The van der Waals surface area contributed by atoms with Gasteiger partial charge in [0.25, 0.3) is 5.91 Å². The SMILES string of the molecule is Cc1cc(C(=O)Nc2nc3ccc(Cl)cc3s2)c2ccccc2n1. The number of nitrogens with zero attached hydrogens (tertiary/aromatic N) is 2. The van der Waals surface area contributed by atoms with E-state index < -0.39 is 0 Å². The number of rotatable bonds is 2. The van der Waals surface area contributed by atoms with Crippen LogP contribution < -0.4 is 5.32 Å². The monoisotopic (exact) mass is 353 g/mol. The van der Waals surface area contributed by atoms with Gasteiger partial charge in [0.1, 0.15) is 0 Å². The molecule has 0 spiro atoms. The molecule has 2 heterocycles. The Bertz CT molecular complexity index is 1090. The second kappa shape index (κ2) is 5.85. The Labute approximate surface area is 147 Å². The molecule has 6 heteroatoms. The summed E-state index contributed by atoms with van der Waals surface area (Å²) in [5, 5.41) is 4.91. The number of para-hydroxylation sites is 1. The Kier molecular flexibility index (Phi) is 3.67. The number of carbonyl (C=O) groups excluding carboxylic acids is 1. The van der Waals surface area contributed by atoms with Crippen molar-refractivity contribution in [2.45, 2.75) is 6.92 Å². The number of benzene rings is 2. The number of halogens is 1. The van der Waals surface area contributed by atoms with Crippen LogP contribution in [0.4, 0.5) is 5.13 Å². The number of hydrogen-bond donors (Lipinski definition) is 1. The van der Waals surface area contributed by atoms with Crippen molar-refractivity contribution in [3.8, 4) is 0 Å². The highest BCUT2D eigenvalue weighted by Gasteiger charge is 2.14. The highest BCUT2D eigenvalue weighted by molar-refractivity contribution is 7.22. The van der Waals surface area contributed by atoms with Crippen molar-refractivity contribution < 1.29 is 4.79 Å².